The molecule has 0 bridgehead atoms. The number of aromatic nitrogens is 2. The molecule has 0 aliphatic carbocycles. The van der Waals surface area contributed by atoms with E-state index in [1.807, 2.05) is 0 Å². The average Bonchev–Trinajstić information content (AvgIpc) is 3.38. The Bertz CT molecular complexity index is 1150. The molecule has 2 aromatic rings. The van der Waals surface area contributed by atoms with Crippen LogP contribution in [-0.2, 0) is 45.1 Å². The van der Waals surface area contributed by atoms with E-state index in [0.717, 1.165) is 27.4 Å². The number of carbonyl (C=O) groups is 2. The number of anilines is 1. The molecule has 0 unspecified atom stereocenters. The van der Waals surface area contributed by atoms with Gasteiger partial charge in [0.25, 0.3) is 0 Å². The minimum atomic E-state index is -4.53. The van der Waals surface area contributed by atoms with Crippen molar-refractivity contribution in [2.75, 3.05) is 39.9 Å². The molecule has 1 saturated heterocycles. The maximum atomic E-state index is 13.5. The molecule has 1 fully saturated rings. The smallest absolute Gasteiger partial charge is 0.416 e. The zero-order valence-electron chi connectivity index (χ0n) is 21.2. The van der Waals surface area contributed by atoms with Crippen LogP contribution in [0.4, 0.5) is 19.0 Å². The molecule has 1 atom stereocenters. The van der Waals surface area contributed by atoms with Crippen molar-refractivity contribution >= 4 is 17.8 Å². The Hall–Kier alpha value is -3.29. The van der Waals surface area contributed by atoms with Crippen LogP contribution in [0.25, 0.3) is 0 Å². The highest BCUT2D eigenvalue weighted by molar-refractivity contribution is 6.04. The summed E-state index contributed by atoms with van der Waals surface area (Å²) < 4.78 is 66.9. The van der Waals surface area contributed by atoms with E-state index in [1.165, 1.54) is 19.9 Å². The van der Waals surface area contributed by atoms with E-state index >= 15 is 0 Å². The molecule has 1 N–H and O–H groups in total. The topological polar surface area (TPSA) is 118 Å². The van der Waals surface area contributed by atoms with Gasteiger partial charge in [0, 0.05) is 7.11 Å². The summed E-state index contributed by atoms with van der Waals surface area (Å²) in [6.45, 7) is 4.90. The number of hydrogen-bond acceptors (Lipinski definition) is 10. The molecule has 3 rings (SSSR count). The van der Waals surface area contributed by atoms with Gasteiger partial charge in [0.1, 0.15) is 17.3 Å². The van der Waals surface area contributed by atoms with Crippen molar-refractivity contribution in [3.8, 4) is 0 Å². The van der Waals surface area contributed by atoms with E-state index in [0.29, 0.717) is 5.56 Å². The van der Waals surface area contributed by atoms with Gasteiger partial charge in [-0.25, -0.2) is 19.6 Å². The maximum absolute atomic E-state index is 13.5. The van der Waals surface area contributed by atoms with E-state index in [1.54, 1.807) is 13.0 Å². The minimum Gasteiger partial charge on any atom is -0.466 e. The van der Waals surface area contributed by atoms with Crippen LogP contribution in [0.2, 0.25) is 0 Å². The number of rotatable bonds is 8. The van der Waals surface area contributed by atoms with E-state index in [9.17, 15) is 22.8 Å². The molecule has 13 heteroatoms. The highest BCUT2D eigenvalue weighted by Gasteiger charge is 2.55. The summed E-state index contributed by atoms with van der Waals surface area (Å²) in [5.74, 6) is -2.06. The first-order valence-electron chi connectivity index (χ1n) is 11.2. The molecule has 0 spiro atoms. The Morgan fingerprint density at radius 2 is 1.65 bits per heavy atom. The number of nitrogens with zero attached hydrogens (tertiary/aromatic N) is 2. The Labute approximate surface area is 211 Å². The summed E-state index contributed by atoms with van der Waals surface area (Å²) in [5.41, 5.74) is -3.05. The number of halogens is 3. The molecule has 1 aromatic heterocycles. The Kier molecular flexibility index (Phi) is 8.40. The fourth-order valence-corrected chi connectivity index (χ4v) is 4.25. The number of carbonyl (C=O) groups excluding carboxylic acids is 2. The fourth-order valence-electron chi connectivity index (χ4n) is 4.25. The van der Waals surface area contributed by atoms with Crippen molar-refractivity contribution in [3.05, 3.63) is 52.0 Å². The second kappa shape index (κ2) is 11.0. The largest absolute Gasteiger partial charge is 0.466 e. The normalized spacial score (nSPS) is 15.4. The van der Waals surface area contributed by atoms with E-state index in [-0.39, 0.29) is 41.7 Å². The SMILES string of the molecule is COC(=O)C(OC)(C(=O)OC)c1nc(C)nc(N[C@H](C)c2cccc(C(F)(F)F)c2C)c1C1OCCO1. The molecule has 37 heavy (non-hydrogen) atoms. The zero-order valence-corrected chi connectivity index (χ0v) is 21.2. The molecule has 1 aromatic carbocycles. The van der Waals surface area contributed by atoms with Gasteiger partial charge in [0.2, 0.25) is 0 Å². The van der Waals surface area contributed by atoms with Crippen molar-refractivity contribution in [1.29, 1.82) is 0 Å². The van der Waals surface area contributed by atoms with Crippen molar-refractivity contribution in [3.63, 3.8) is 0 Å². The van der Waals surface area contributed by atoms with Gasteiger partial charge in [-0.15, -0.1) is 0 Å². The van der Waals surface area contributed by atoms with Gasteiger partial charge < -0.3 is 29.0 Å². The van der Waals surface area contributed by atoms with Crippen LogP contribution in [0.5, 0.6) is 0 Å². The summed E-state index contributed by atoms with van der Waals surface area (Å²) in [6.07, 6.45) is -5.66. The minimum absolute atomic E-state index is 0.0336. The van der Waals surface area contributed by atoms with Gasteiger partial charge in [-0.1, -0.05) is 12.1 Å². The van der Waals surface area contributed by atoms with Crippen LogP contribution in [0.1, 0.15) is 53.0 Å². The molecule has 0 amide bonds. The van der Waals surface area contributed by atoms with Gasteiger partial charge >= 0.3 is 23.7 Å². The standard InChI is InChI=1S/C24H28F3N3O7/c1-12-15(8-7-9-16(12)24(25,26)27)13(2)28-19-17(20-36-10-11-37-20)18(29-14(3)30-19)23(35-6,21(31)33-4)22(32)34-5/h7-9,13,20H,10-11H2,1-6H3,(H,28,29,30)/t13-/m1/s1. The van der Waals surface area contributed by atoms with Gasteiger partial charge in [-0.2, -0.15) is 13.2 Å². The molecular formula is C24H28F3N3O7. The molecular weight excluding hydrogens is 499 g/mol. The van der Waals surface area contributed by atoms with Crippen molar-refractivity contribution in [2.24, 2.45) is 0 Å². The van der Waals surface area contributed by atoms with Crippen LogP contribution in [0.3, 0.4) is 0 Å². The fraction of sp³-hybridized carbons (Fsp3) is 0.500. The monoisotopic (exact) mass is 527 g/mol. The molecule has 10 nitrogen and oxygen atoms in total. The first kappa shape index (κ1) is 28.3. The Morgan fingerprint density at radius 1 is 1.05 bits per heavy atom. The van der Waals surface area contributed by atoms with Crippen molar-refractivity contribution < 1.29 is 46.4 Å². The van der Waals surface area contributed by atoms with Gasteiger partial charge in [-0.3, -0.25) is 0 Å². The summed E-state index contributed by atoms with van der Waals surface area (Å²) in [4.78, 5) is 34.6. The van der Waals surface area contributed by atoms with Crippen LogP contribution in [0, 0.1) is 13.8 Å². The number of methoxy groups -OCH3 is 3. The predicted molar refractivity (Wildman–Crippen MR) is 122 cm³/mol. The van der Waals surface area contributed by atoms with Gasteiger partial charge in [-0.05, 0) is 38.0 Å². The summed E-state index contributed by atoms with van der Waals surface area (Å²) in [7, 11) is 3.23. The highest BCUT2D eigenvalue weighted by atomic mass is 19.4. The lowest BCUT2D eigenvalue weighted by molar-refractivity contribution is -0.187. The lowest BCUT2D eigenvalue weighted by Gasteiger charge is -2.30. The number of hydrogen-bond donors (Lipinski definition) is 1. The van der Waals surface area contributed by atoms with Crippen molar-refractivity contribution in [1.82, 2.24) is 9.97 Å². The average molecular weight is 527 g/mol. The molecule has 1 aliphatic heterocycles. The van der Waals surface area contributed by atoms with Crippen LogP contribution >= 0.6 is 0 Å². The zero-order chi connectivity index (χ0) is 27.5. The number of aryl methyl sites for hydroxylation is 1. The van der Waals surface area contributed by atoms with Gasteiger partial charge in [0.15, 0.2) is 6.29 Å². The number of esters is 2. The number of ether oxygens (including phenoxy) is 5. The third-order valence-electron chi connectivity index (χ3n) is 6.00. The highest BCUT2D eigenvalue weighted by Crippen LogP contribution is 2.41. The predicted octanol–water partition coefficient (Wildman–Crippen LogP) is 3.52. The van der Waals surface area contributed by atoms with E-state index < -0.39 is 41.6 Å². The third kappa shape index (κ3) is 5.24. The first-order chi connectivity index (χ1) is 17.4. The second-order valence-electron chi connectivity index (χ2n) is 8.21. The van der Waals surface area contributed by atoms with Crippen LogP contribution < -0.4 is 5.32 Å². The van der Waals surface area contributed by atoms with E-state index in [4.69, 9.17) is 23.7 Å². The second-order valence-corrected chi connectivity index (χ2v) is 8.21. The summed E-state index contributed by atoms with van der Waals surface area (Å²) in [5, 5.41) is 3.08. The Morgan fingerprint density at radius 3 is 2.16 bits per heavy atom. The van der Waals surface area contributed by atoms with Crippen LogP contribution in [0.15, 0.2) is 18.2 Å². The summed E-state index contributed by atoms with van der Waals surface area (Å²) >= 11 is 0. The van der Waals surface area contributed by atoms with Gasteiger partial charge in [0.05, 0.1) is 44.6 Å². The lowest BCUT2D eigenvalue weighted by Crippen LogP contribution is -2.49. The number of nitrogens with one attached hydrogen (secondary N) is 1. The quantitative estimate of drug-likeness (QED) is 0.404. The molecule has 0 saturated carbocycles. The number of alkyl halides is 3. The maximum Gasteiger partial charge on any atom is 0.416 e. The first-order valence-corrected chi connectivity index (χ1v) is 11.2. The summed E-state index contributed by atoms with van der Waals surface area (Å²) in [6, 6.07) is 3.16. The molecule has 202 valence electrons. The lowest BCUT2D eigenvalue weighted by atomic mass is 9.93. The van der Waals surface area contributed by atoms with E-state index in [2.05, 4.69) is 15.3 Å². The Balaban J connectivity index is 2.23. The van der Waals surface area contributed by atoms with Crippen molar-refractivity contribution in [2.45, 2.75) is 44.9 Å². The number of benzene rings is 1. The third-order valence-corrected chi connectivity index (χ3v) is 6.00. The molecule has 1 aliphatic rings. The molecule has 0 radical (unpaired) electrons. The molecule has 2 heterocycles. The van der Waals surface area contributed by atoms with Crippen LogP contribution in [-0.4, -0.2) is 56.4 Å².